The van der Waals surface area contributed by atoms with E-state index in [1.165, 1.54) is 32.1 Å². The van der Waals surface area contributed by atoms with Crippen molar-refractivity contribution in [3.8, 4) is 0 Å². The van der Waals surface area contributed by atoms with Crippen LogP contribution in [0.5, 0.6) is 0 Å². The summed E-state index contributed by atoms with van der Waals surface area (Å²) in [6.45, 7) is 1.03. The maximum absolute atomic E-state index is 14.1. The molecule has 1 N–H and O–H groups in total. The first-order chi connectivity index (χ1) is 6.88. The summed E-state index contributed by atoms with van der Waals surface area (Å²) in [5.41, 5.74) is 0. The van der Waals surface area contributed by atoms with Gasteiger partial charge in [0.25, 0.3) is 0 Å². The van der Waals surface area contributed by atoms with Gasteiger partial charge in [-0.3, -0.25) is 0 Å². The third kappa shape index (κ3) is 3.60. The molecule has 2 rings (SSSR count). The number of piperidine rings is 1. The van der Waals surface area contributed by atoms with Gasteiger partial charge in [0, 0.05) is 6.04 Å². The number of hydrogen-bond donors (Lipinski definition) is 1. The fourth-order valence-electron chi connectivity index (χ4n) is 2.93. The first-order valence-electron chi connectivity index (χ1n) is 6.25. The molecule has 1 aliphatic heterocycles. The van der Waals surface area contributed by atoms with Crippen molar-refractivity contribution in [2.24, 2.45) is 5.92 Å². The van der Waals surface area contributed by atoms with Crippen molar-refractivity contribution in [1.82, 2.24) is 5.32 Å². The second-order valence-corrected chi connectivity index (χ2v) is 4.90. The van der Waals surface area contributed by atoms with Gasteiger partial charge in [-0.2, -0.15) is 0 Å². The summed E-state index contributed by atoms with van der Waals surface area (Å²) in [6, 6.07) is 0.173. The summed E-state index contributed by atoms with van der Waals surface area (Å²) in [5.74, 6) is 0.361. The second-order valence-electron chi connectivity index (χ2n) is 4.90. The maximum Gasteiger partial charge on any atom is 0.118 e. The molecule has 2 unspecified atom stereocenters. The Morgan fingerprint density at radius 2 is 1.60 bits per heavy atom. The molecule has 1 nitrogen and oxygen atoms in total. The lowest BCUT2D eigenvalue weighted by molar-refractivity contribution is 0.122. The Balaban J connectivity index is 0.00000112. The SMILES string of the molecule is Cl.FC(C1CCCCC1)C1CCCCN1. The average Bonchev–Trinajstić information content (AvgIpc) is 2.30. The fourth-order valence-corrected chi connectivity index (χ4v) is 2.93. The van der Waals surface area contributed by atoms with Crippen molar-refractivity contribution in [2.45, 2.75) is 63.6 Å². The van der Waals surface area contributed by atoms with Crippen molar-refractivity contribution >= 4 is 12.4 Å². The molecule has 0 aromatic carbocycles. The van der Waals surface area contributed by atoms with E-state index in [4.69, 9.17) is 0 Å². The van der Waals surface area contributed by atoms with Crippen LogP contribution in [0.3, 0.4) is 0 Å². The molecule has 15 heavy (non-hydrogen) atoms. The van der Waals surface area contributed by atoms with Gasteiger partial charge in [0.1, 0.15) is 6.17 Å². The maximum atomic E-state index is 14.1. The molecular weight excluding hydrogens is 213 g/mol. The molecule has 0 radical (unpaired) electrons. The standard InChI is InChI=1S/C12H22FN.ClH/c13-12(10-6-2-1-3-7-10)11-8-4-5-9-14-11;/h10-12,14H,1-9H2;1H. The zero-order chi connectivity index (χ0) is 9.80. The molecule has 2 aliphatic rings. The Labute approximate surface area is 98.6 Å². The molecule has 1 saturated carbocycles. The summed E-state index contributed by atoms with van der Waals surface area (Å²) < 4.78 is 14.1. The highest BCUT2D eigenvalue weighted by molar-refractivity contribution is 5.85. The minimum atomic E-state index is -0.574. The van der Waals surface area contributed by atoms with Crippen LogP contribution in [-0.2, 0) is 0 Å². The molecule has 1 heterocycles. The number of rotatable bonds is 2. The molecule has 90 valence electrons. The van der Waals surface area contributed by atoms with Crippen molar-refractivity contribution in [1.29, 1.82) is 0 Å². The van der Waals surface area contributed by atoms with E-state index in [0.29, 0.717) is 5.92 Å². The largest absolute Gasteiger partial charge is 0.311 e. The molecule has 0 aromatic rings. The van der Waals surface area contributed by atoms with Crippen LogP contribution in [-0.4, -0.2) is 18.8 Å². The number of halogens is 2. The summed E-state index contributed by atoms with van der Waals surface area (Å²) in [6.07, 6.45) is 8.99. The fraction of sp³-hybridized carbons (Fsp3) is 1.00. The third-order valence-corrected chi connectivity index (χ3v) is 3.83. The first-order valence-corrected chi connectivity index (χ1v) is 6.25. The van der Waals surface area contributed by atoms with Crippen LogP contribution in [0.2, 0.25) is 0 Å². The molecule has 1 saturated heterocycles. The van der Waals surface area contributed by atoms with Crippen LogP contribution in [0.25, 0.3) is 0 Å². The van der Waals surface area contributed by atoms with E-state index in [1.807, 2.05) is 0 Å². The van der Waals surface area contributed by atoms with Gasteiger partial charge < -0.3 is 5.32 Å². The predicted molar refractivity (Wildman–Crippen MR) is 64.4 cm³/mol. The second kappa shape index (κ2) is 6.70. The quantitative estimate of drug-likeness (QED) is 0.773. The van der Waals surface area contributed by atoms with Crippen LogP contribution >= 0.6 is 12.4 Å². The molecule has 3 heteroatoms. The zero-order valence-electron chi connectivity index (χ0n) is 9.38. The highest BCUT2D eigenvalue weighted by atomic mass is 35.5. The van der Waals surface area contributed by atoms with E-state index in [1.54, 1.807) is 0 Å². The Bertz CT molecular complexity index is 147. The van der Waals surface area contributed by atoms with E-state index in [2.05, 4.69) is 5.32 Å². The Kier molecular flexibility index (Phi) is 5.91. The van der Waals surface area contributed by atoms with Gasteiger partial charge in [0.15, 0.2) is 0 Å². The van der Waals surface area contributed by atoms with Crippen LogP contribution in [0.1, 0.15) is 51.4 Å². The molecule has 1 aliphatic carbocycles. The van der Waals surface area contributed by atoms with Gasteiger partial charge in [-0.15, -0.1) is 12.4 Å². The van der Waals surface area contributed by atoms with E-state index in [9.17, 15) is 4.39 Å². The molecule has 0 bridgehead atoms. The van der Waals surface area contributed by atoms with Gasteiger partial charge in [-0.1, -0.05) is 25.7 Å². The summed E-state index contributed by atoms with van der Waals surface area (Å²) in [4.78, 5) is 0. The monoisotopic (exact) mass is 235 g/mol. The summed E-state index contributed by atoms with van der Waals surface area (Å²) >= 11 is 0. The number of alkyl halides is 1. The molecule has 2 fully saturated rings. The molecular formula is C12H23ClFN. The minimum absolute atomic E-state index is 0. The zero-order valence-corrected chi connectivity index (χ0v) is 10.2. The summed E-state index contributed by atoms with van der Waals surface area (Å²) in [7, 11) is 0. The average molecular weight is 236 g/mol. The highest BCUT2D eigenvalue weighted by Crippen LogP contribution is 2.31. The lowest BCUT2D eigenvalue weighted by atomic mass is 9.82. The van der Waals surface area contributed by atoms with Gasteiger partial charge in [0.05, 0.1) is 0 Å². The summed E-state index contributed by atoms with van der Waals surface area (Å²) in [5, 5.41) is 3.34. The van der Waals surface area contributed by atoms with Crippen molar-refractivity contribution in [3.63, 3.8) is 0 Å². The van der Waals surface area contributed by atoms with Crippen LogP contribution in [0, 0.1) is 5.92 Å². The van der Waals surface area contributed by atoms with Crippen LogP contribution < -0.4 is 5.32 Å². The molecule has 0 amide bonds. The van der Waals surface area contributed by atoms with E-state index in [0.717, 1.165) is 25.8 Å². The van der Waals surface area contributed by atoms with Gasteiger partial charge in [0.2, 0.25) is 0 Å². The normalized spacial score (nSPS) is 30.6. The first kappa shape index (κ1) is 13.2. The van der Waals surface area contributed by atoms with Crippen molar-refractivity contribution in [3.05, 3.63) is 0 Å². The van der Waals surface area contributed by atoms with E-state index >= 15 is 0 Å². The predicted octanol–water partition coefficient (Wildman–Crippen LogP) is 3.47. The molecule has 0 spiro atoms. The van der Waals surface area contributed by atoms with Crippen LogP contribution in [0.4, 0.5) is 4.39 Å². The highest BCUT2D eigenvalue weighted by Gasteiger charge is 2.30. The van der Waals surface area contributed by atoms with Crippen molar-refractivity contribution < 1.29 is 4.39 Å². The topological polar surface area (TPSA) is 12.0 Å². The van der Waals surface area contributed by atoms with Crippen molar-refractivity contribution in [2.75, 3.05) is 6.54 Å². The Hall–Kier alpha value is 0.180. The van der Waals surface area contributed by atoms with Gasteiger partial charge in [-0.05, 0) is 38.1 Å². The Morgan fingerprint density at radius 3 is 2.20 bits per heavy atom. The minimum Gasteiger partial charge on any atom is -0.311 e. The number of nitrogens with one attached hydrogen (secondary N) is 1. The third-order valence-electron chi connectivity index (χ3n) is 3.83. The Morgan fingerprint density at radius 1 is 0.933 bits per heavy atom. The van der Waals surface area contributed by atoms with Gasteiger partial charge >= 0.3 is 0 Å². The lowest BCUT2D eigenvalue weighted by Crippen LogP contribution is -2.44. The molecule has 0 aromatic heterocycles. The van der Waals surface area contributed by atoms with Gasteiger partial charge in [-0.25, -0.2) is 4.39 Å². The molecule has 2 atom stereocenters. The van der Waals surface area contributed by atoms with E-state index in [-0.39, 0.29) is 18.4 Å². The van der Waals surface area contributed by atoms with Crippen LogP contribution in [0.15, 0.2) is 0 Å². The van der Waals surface area contributed by atoms with E-state index < -0.39 is 6.17 Å². The smallest absolute Gasteiger partial charge is 0.118 e. The lowest BCUT2D eigenvalue weighted by Gasteiger charge is -2.33. The number of hydrogen-bond acceptors (Lipinski definition) is 1.